The van der Waals surface area contributed by atoms with Crippen LogP contribution in [0.25, 0.3) is 11.4 Å². The summed E-state index contributed by atoms with van der Waals surface area (Å²) in [6, 6.07) is 9.85. The fraction of sp³-hybridized carbons (Fsp3) is 0.400. The molecule has 1 heterocycles. The molecule has 2 unspecified atom stereocenters. The molecule has 0 aliphatic heterocycles. The largest absolute Gasteiger partial charge is 0.492 e. The van der Waals surface area contributed by atoms with Gasteiger partial charge in [0.25, 0.3) is 0 Å². The van der Waals surface area contributed by atoms with Crippen LogP contribution in [-0.2, 0) is 0 Å². The van der Waals surface area contributed by atoms with Crippen LogP contribution < -0.4 is 4.74 Å². The number of hydrogen-bond acceptors (Lipinski definition) is 5. The molecule has 26 heavy (non-hydrogen) atoms. The van der Waals surface area contributed by atoms with E-state index in [0.717, 1.165) is 31.2 Å². The molecule has 1 aliphatic rings. The van der Waals surface area contributed by atoms with E-state index in [1.54, 1.807) is 6.92 Å². The minimum absolute atomic E-state index is 0.0456. The third kappa shape index (κ3) is 3.83. The Morgan fingerprint density at radius 1 is 1.35 bits per heavy atom. The van der Waals surface area contributed by atoms with Gasteiger partial charge in [-0.15, -0.1) is 0 Å². The third-order valence-corrected chi connectivity index (χ3v) is 4.87. The van der Waals surface area contributed by atoms with Gasteiger partial charge in [-0.3, -0.25) is 0 Å². The van der Waals surface area contributed by atoms with Crippen molar-refractivity contribution in [2.24, 2.45) is 11.8 Å². The van der Waals surface area contributed by atoms with Crippen LogP contribution >= 0.6 is 0 Å². The van der Waals surface area contributed by atoms with E-state index >= 15 is 0 Å². The molecular weight excluding hydrogens is 330 g/mol. The van der Waals surface area contributed by atoms with Crippen molar-refractivity contribution in [1.29, 1.82) is 5.26 Å². The van der Waals surface area contributed by atoms with Crippen LogP contribution in [0.15, 0.2) is 30.5 Å². The molecule has 0 bridgehead atoms. The summed E-state index contributed by atoms with van der Waals surface area (Å²) in [6.45, 7) is 2.14. The molecule has 6 nitrogen and oxygen atoms in total. The van der Waals surface area contributed by atoms with E-state index in [9.17, 15) is 10.1 Å². The number of para-hydroxylation sites is 1. The number of carboxylic acids is 1. The quantitative estimate of drug-likeness (QED) is 0.878. The summed E-state index contributed by atoms with van der Waals surface area (Å²) < 4.78 is 6.03. The molecule has 6 heteroatoms. The molecule has 1 aromatic carbocycles. The van der Waals surface area contributed by atoms with E-state index in [2.05, 4.69) is 16.0 Å². The van der Waals surface area contributed by atoms with Gasteiger partial charge in [0.15, 0.2) is 5.82 Å². The first-order valence-electron chi connectivity index (χ1n) is 8.79. The Bertz CT molecular complexity index is 844. The van der Waals surface area contributed by atoms with Gasteiger partial charge in [-0.25, -0.2) is 14.8 Å². The summed E-state index contributed by atoms with van der Waals surface area (Å²) in [5, 5.41) is 18.4. The second-order valence-electron chi connectivity index (χ2n) is 6.59. The maximum atomic E-state index is 11.1. The van der Waals surface area contributed by atoms with Gasteiger partial charge in [-0.1, -0.05) is 25.0 Å². The molecular formula is C20H21N3O3. The van der Waals surface area contributed by atoms with Crippen LogP contribution in [-0.4, -0.2) is 27.7 Å². The predicted molar refractivity (Wildman–Crippen MR) is 95.7 cm³/mol. The maximum absolute atomic E-state index is 11.1. The minimum atomic E-state index is -1.04. The number of aromatic nitrogens is 2. The lowest BCUT2D eigenvalue weighted by Crippen LogP contribution is -2.24. The number of aromatic carboxylic acids is 1. The first-order chi connectivity index (χ1) is 12.6. The number of nitrogens with zero attached hydrogens (tertiary/aromatic N) is 3. The zero-order chi connectivity index (χ0) is 18.5. The lowest BCUT2D eigenvalue weighted by molar-refractivity contribution is 0.0695. The Balaban J connectivity index is 1.81. The second kappa shape index (κ2) is 7.96. The molecule has 134 valence electrons. The standard InChI is InChI=1S/C20H21N3O3/c1-13-17(20(24)25)11-22-19(23-13)16-8-4-5-9-18(16)26-12-15-7-3-2-6-14(15)10-21/h4-5,8-9,11,14-15H,2-3,6-7,12H2,1H3,(H,24,25). The number of rotatable bonds is 5. The van der Waals surface area contributed by atoms with Gasteiger partial charge < -0.3 is 9.84 Å². The Morgan fingerprint density at radius 2 is 2.12 bits per heavy atom. The van der Waals surface area contributed by atoms with E-state index < -0.39 is 5.97 Å². The highest BCUT2D eigenvalue weighted by atomic mass is 16.5. The molecule has 0 saturated heterocycles. The number of nitriles is 1. The molecule has 0 amide bonds. The van der Waals surface area contributed by atoms with Crippen molar-refractivity contribution in [3.8, 4) is 23.2 Å². The van der Waals surface area contributed by atoms with Crippen molar-refractivity contribution >= 4 is 5.97 Å². The summed E-state index contributed by atoms with van der Waals surface area (Å²) in [4.78, 5) is 19.7. The van der Waals surface area contributed by atoms with Gasteiger partial charge in [0, 0.05) is 12.1 Å². The smallest absolute Gasteiger partial charge is 0.339 e. The highest BCUT2D eigenvalue weighted by molar-refractivity contribution is 5.88. The van der Waals surface area contributed by atoms with Gasteiger partial charge in [-0.2, -0.15) is 5.26 Å². The zero-order valence-corrected chi connectivity index (χ0v) is 14.7. The second-order valence-corrected chi connectivity index (χ2v) is 6.59. The van der Waals surface area contributed by atoms with Gasteiger partial charge in [-0.05, 0) is 31.9 Å². The van der Waals surface area contributed by atoms with Crippen molar-refractivity contribution in [1.82, 2.24) is 9.97 Å². The molecule has 2 atom stereocenters. The average Bonchev–Trinajstić information content (AvgIpc) is 2.66. The molecule has 0 radical (unpaired) electrons. The molecule has 1 N–H and O–H groups in total. The monoisotopic (exact) mass is 351 g/mol. The molecule has 2 aromatic rings. The molecule has 0 spiro atoms. The van der Waals surface area contributed by atoms with E-state index in [0.29, 0.717) is 23.9 Å². The van der Waals surface area contributed by atoms with Crippen molar-refractivity contribution in [3.63, 3.8) is 0 Å². The number of hydrogen-bond donors (Lipinski definition) is 1. The molecule has 1 aromatic heterocycles. The van der Waals surface area contributed by atoms with Crippen molar-refractivity contribution in [2.45, 2.75) is 32.6 Å². The first kappa shape index (κ1) is 17.9. The van der Waals surface area contributed by atoms with Crippen LogP contribution in [0, 0.1) is 30.1 Å². The summed E-state index contributed by atoms with van der Waals surface area (Å²) in [5.74, 6) is 0.322. The fourth-order valence-electron chi connectivity index (χ4n) is 3.36. The fourth-order valence-corrected chi connectivity index (χ4v) is 3.36. The molecule has 1 saturated carbocycles. The third-order valence-electron chi connectivity index (χ3n) is 4.87. The predicted octanol–water partition coefficient (Wildman–Crippen LogP) is 3.86. The van der Waals surface area contributed by atoms with Crippen LogP contribution in [0.2, 0.25) is 0 Å². The van der Waals surface area contributed by atoms with Crippen molar-refractivity contribution in [2.75, 3.05) is 6.61 Å². The van der Waals surface area contributed by atoms with E-state index in [1.807, 2.05) is 24.3 Å². The normalized spacial score (nSPS) is 19.5. The molecule has 1 fully saturated rings. The average molecular weight is 351 g/mol. The zero-order valence-electron chi connectivity index (χ0n) is 14.7. The van der Waals surface area contributed by atoms with Crippen molar-refractivity contribution in [3.05, 3.63) is 41.7 Å². The Morgan fingerprint density at radius 3 is 2.85 bits per heavy atom. The minimum Gasteiger partial charge on any atom is -0.492 e. The van der Waals surface area contributed by atoms with E-state index in [4.69, 9.17) is 9.84 Å². The number of carbonyl (C=O) groups is 1. The maximum Gasteiger partial charge on any atom is 0.339 e. The number of aryl methyl sites for hydroxylation is 1. The lowest BCUT2D eigenvalue weighted by Gasteiger charge is -2.26. The van der Waals surface area contributed by atoms with Gasteiger partial charge >= 0.3 is 5.97 Å². The number of benzene rings is 1. The van der Waals surface area contributed by atoms with Crippen LogP contribution in [0.1, 0.15) is 41.7 Å². The van der Waals surface area contributed by atoms with Gasteiger partial charge in [0.1, 0.15) is 5.75 Å². The van der Waals surface area contributed by atoms with E-state index in [1.165, 1.54) is 6.20 Å². The summed E-state index contributed by atoms with van der Waals surface area (Å²) in [6.07, 6.45) is 5.50. The Hall–Kier alpha value is -2.94. The first-order valence-corrected chi connectivity index (χ1v) is 8.79. The highest BCUT2D eigenvalue weighted by Gasteiger charge is 2.26. The summed E-state index contributed by atoms with van der Waals surface area (Å²) >= 11 is 0. The van der Waals surface area contributed by atoms with E-state index in [-0.39, 0.29) is 17.4 Å². The number of ether oxygens (including phenoxy) is 1. The number of carboxylic acid groups (broad SMARTS) is 1. The lowest BCUT2D eigenvalue weighted by atomic mass is 9.80. The van der Waals surface area contributed by atoms with Gasteiger partial charge in [0.2, 0.25) is 0 Å². The Labute approximate surface area is 152 Å². The van der Waals surface area contributed by atoms with Crippen LogP contribution in [0.3, 0.4) is 0 Å². The van der Waals surface area contributed by atoms with Crippen LogP contribution in [0.5, 0.6) is 5.75 Å². The topological polar surface area (TPSA) is 96.1 Å². The summed E-state index contributed by atoms with van der Waals surface area (Å²) in [5.41, 5.74) is 1.22. The molecule has 1 aliphatic carbocycles. The van der Waals surface area contributed by atoms with Gasteiger partial charge in [0.05, 0.1) is 35.4 Å². The van der Waals surface area contributed by atoms with Crippen LogP contribution in [0.4, 0.5) is 0 Å². The van der Waals surface area contributed by atoms with Crippen molar-refractivity contribution < 1.29 is 14.6 Å². The molecule has 3 rings (SSSR count). The highest BCUT2D eigenvalue weighted by Crippen LogP contribution is 2.32. The Kier molecular flexibility index (Phi) is 5.47. The summed E-state index contributed by atoms with van der Waals surface area (Å²) in [7, 11) is 0. The SMILES string of the molecule is Cc1nc(-c2ccccc2OCC2CCCCC2C#N)ncc1C(=O)O.